The van der Waals surface area contributed by atoms with E-state index in [2.05, 4.69) is 34.2 Å². The van der Waals surface area contributed by atoms with Crippen LogP contribution in [-0.4, -0.2) is 40.5 Å². The lowest BCUT2D eigenvalue weighted by Crippen LogP contribution is -2.48. The second-order valence-corrected chi connectivity index (χ2v) is 8.71. The van der Waals surface area contributed by atoms with Gasteiger partial charge in [-0.15, -0.1) is 0 Å². The fourth-order valence-corrected chi connectivity index (χ4v) is 5.04. The van der Waals surface area contributed by atoms with Gasteiger partial charge < -0.3 is 19.6 Å². The SMILES string of the molecule is CC(C)c1[nH]c(=O)ccc1C(=O)N1CCC2(CC1)OCCc1c2[nH]c2ccccc12. The molecule has 5 rings (SSSR count). The molecule has 1 spiro atoms. The molecule has 1 aromatic carbocycles. The van der Waals surface area contributed by atoms with Crippen LogP contribution < -0.4 is 5.56 Å². The molecule has 0 saturated carbocycles. The first-order chi connectivity index (χ1) is 14.5. The normalized spacial score (nSPS) is 18.2. The largest absolute Gasteiger partial charge is 0.368 e. The van der Waals surface area contributed by atoms with Crippen molar-refractivity contribution in [1.29, 1.82) is 0 Å². The van der Waals surface area contributed by atoms with E-state index in [9.17, 15) is 9.59 Å². The van der Waals surface area contributed by atoms with Gasteiger partial charge in [0.15, 0.2) is 0 Å². The monoisotopic (exact) mass is 405 g/mol. The highest BCUT2D eigenvalue weighted by Gasteiger charge is 2.43. The van der Waals surface area contributed by atoms with Gasteiger partial charge in [0.2, 0.25) is 5.56 Å². The van der Waals surface area contributed by atoms with Gasteiger partial charge in [0.05, 0.1) is 17.9 Å². The Labute approximate surface area is 175 Å². The highest BCUT2D eigenvalue weighted by atomic mass is 16.5. The Hall–Kier alpha value is -2.86. The van der Waals surface area contributed by atoms with Crippen LogP contribution in [0.4, 0.5) is 0 Å². The number of aromatic nitrogens is 2. The number of pyridine rings is 1. The lowest BCUT2D eigenvalue weighted by atomic mass is 9.83. The minimum Gasteiger partial charge on any atom is -0.368 e. The van der Waals surface area contributed by atoms with Gasteiger partial charge in [-0.1, -0.05) is 32.0 Å². The minimum absolute atomic E-state index is 0.0162. The number of carbonyl (C=O) groups excluding carboxylic acids is 1. The maximum Gasteiger partial charge on any atom is 0.255 e. The number of aromatic amines is 2. The molecule has 156 valence electrons. The number of hydrogen-bond acceptors (Lipinski definition) is 3. The third kappa shape index (κ3) is 2.98. The van der Waals surface area contributed by atoms with Crippen LogP contribution in [-0.2, 0) is 16.8 Å². The molecular formula is C24H27N3O3. The summed E-state index contributed by atoms with van der Waals surface area (Å²) >= 11 is 0. The number of benzene rings is 1. The summed E-state index contributed by atoms with van der Waals surface area (Å²) < 4.78 is 6.36. The number of para-hydroxylation sites is 1. The van der Waals surface area contributed by atoms with E-state index in [1.807, 2.05) is 18.7 Å². The van der Waals surface area contributed by atoms with Gasteiger partial charge in [-0.3, -0.25) is 9.59 Å². The summed E-state index contributed by atoms with van der Waals surface area (Å²) in [7, 11) is 0. The quantitative estimate of drug-likeness (QED) is 0.683. The van der Waals surface area contributed by atoms with Gasteiger partial charge in [0.25, 0.3) is 5.91 Å². The molecule has 1 saturated heterocycles. The molecule has 2 N–H and O–H groups in total. The van der Waals surface area contributed by atoms with Gasteiger partial charge in [-0.25, -0.2) is 0 Å². The minimum atomic E-state index is -0.352. The van der Waals surface area contributed by atoms with Crippen LogP contribution in [0.3, 0.4) is 0 Å². The smallest absolute Gasteiger partial charge is 0.255 e. The van der Waals surface area contributed by atoms with Crippen molar-refractivity contribution in [3.8, 4) is 0 Å². The van der Waals surface area contributed by atoms with E-state index in [0.717, 1.165) is 24.8 Å². The highest BCUT2D eigenvalue weighted by molar-refractivity contribution is 5.95. The number of ether oxygens (including phenoxy) is 1. The number of carbonyl (C=O) groups is 1. The van der Waals surface area contributed by atoms with Crippen LogP contribution in [0.5, 0.6) is 0 Å². The standard InChI is InChI=1S/C24H27N3O3/c1-15(2)21-18(7-8-20(28)26-21)23(29)27-12-10-24(11-13-27)22-17(9-14-30-24)16-5-3-4-6-19(16)25-22/h3-8,15,25H,9-14H2,1-2H3,(H,26,28). The van der Waals surface area contributed by atoms with Crippen molar-refractivity contribution in [2.75, 3.05) is 19.7 Å². The first kappa shape index (κ1) is 19.1. The van der Waals surface area contributed by atoms with Crippen LogP contribution in [0.15, 0.2) is 41.2 Å². The highest BCUT2D eigenvalue weighted by Crippen LogP contribution is 2.43. The third-order valence-corrected chi connectivity index (χ3v) is 6.62. The fourth-order valence-electron chi connectivity index (χ4n) is 5.04. The number of amides is 1. The Kier molecular flexibility index (Phi) is 4.54. The molecule has 0 aliphatic carbocycles. The molecule has 0 atom stereocenters. The molecule has 2 aliphatic rings. The van der Waals surface area contributed by atoms with Crippen molar-refractivity contribution >= 4 is 16.8 Å². The van der Waals surface area contributed by atoms with Crippen molar-refractivity contribution in [3.05, 3.63) is 69.3 Å². The van der Waals surface area contributed by atoms with Crippen LogP contribution in [0, 0.1) is 0 Å². The predicted octanol–water partition coefficient (Wildman–Crippen LogP) is 3.68. The summed E-state index contributed by atoms with van der Waals surface area (Å²) in [6.07, 6.45) is 2.44. The number of fused-ring (bicyclic) bond motifs is 4. The number of H-pyrrole nitrogens is 2. The Morgan fingerprint density at radius 1 is 1.10 bits per heavy atom. The lowest BCUT2D eigenvalue weighted by Gasteiger charge is -2.44. The van der Waals surface area contributed by atoms with E-state index < -0.39 is 0 Å². The number of rotatable bonds is 2. The van der Waals surface area contributed by atoms with Crippen molar-refractivity contribution in [1.82, 2.24) is 14.9 Å². The predicted molar refractivity (Wildman–Crippen MR) is 116 cm³/mol. The number of likely N-dealkylation sites (tertiary alicyclic amines) is 1. The Balaban J connectivity index is 1.42. The second-order valence-electron chi connectivity index (χ2n) is 8.71. The zero-order chi connectivity index (χ0) is 20.9. The third-order valence-electron chi connectivity index (χ3n) is 6.62. The average molecular weight is 405 g/mol. The van der Waals surface area contributed by atoms with E-state index in [1.54, 1.807) is 6.07 Å². The van der Waals surface area contributed by atoms with Crippen molar-refractivity contribution in [2.45, 2.75) is 44.6 Å². The Morgan fingerprint density at radius 2 is 1.87 bits per heavy atom. The summed E-state index contributed by atoms with van der Waals surface area (Å²) in [5, 5.41) is 1.28. The van der Waals surface area contributed by atoms with E-state index in [1.165, 1.54) is 22.7 Å². The average Bonchev–Trinajstić information content (AvgIpc) is 3.14. The van der Waals surface area contributed by atoms with E-state index in [4.69, 9.17) is 4.74 Å². The summed E-state index contributed by atoms with van der Waals surface area (Å²) in [5.41, 5.74) is 4.48. The van der Waals surface area contributed by atoms with Crippen LogP contribution in [0.2, 0.25) is 0 Å². The molecule has 0 bridgehead atoms. The first-order valence-corrected chi connectivity index (χ1v) is 10.7. The molecule has 6 nitrogen and oxygen atoms in total. The van der Waals surface area contributed by atoms with Gasteiger partial charge >= 0.3 is 0 Å². The fraction of sp³-hybridized carbons (Fsp3) is 0.417. The lowest BCUT2D eigenvalue weighted by molar-refractivity contribution is -0.0957. The zero-order valence-electron chi connectivity index (χ0n) is 17.5. The van der Waals surface area contributed by atoms with Crippen molar-refractivity contribution in [2.24, 2.45) is 0 Å². The molecule has 0 unspecified atom stereocenters. The molecule has 2 aliphatic heterocycles. The second kappa shape index (κ2) is 7.13. The molecule has 0 radical (unpaired) electrons. The summed E-state index contributed by atoms with van der Waals surface area (Å²) in [5.74, 6) is 0.0575. The number of piperidine rings is 1. The van der Waals surface area contributed by atoms with E-state index >= 15 is 0 Å². The van der Waals surface area contributed by atoms with Gasteiger partial charge in [-0.05, 0) is 42.9 Å². The van der Waals surface area contributed by atoms with Gasteiger partial charge in [0, 0.05) is 35.8 Å². The zero-order valence-corrected chi connectivity index (χ0v) is 17.5. The summed E-state index contributed by atoms with van der Waals surface area (Å²) in [6, 6.07) is 11.5. The molecule has 1 fully saturated rings. The van der Waals surface area contributed by atoms with E-state index in [0.29, 0.717) is 31.0 Å². The van der Waals surface area contributed by atoms with Crippen LogP contribution in [0.1, 0.15) is 59.9 Å². The maximum atomic E-state index is 13.2. The van der Waals surface area contributed by atoms with Crippen LogP contribution in [0.25, 0.3) is 10.9 Å². The number of nitrogens with zero attached hydrogens (tertiary/aromatic N) is 1. The molecular weight excluding hydrogens is 378 g/mol. The molecule has 1 amide bonds. The molecule has 2 aromatic heterocycles. The van der Waals surface area contributed by atoms with Gasteiger partial charge in [-0.2, -0.15) is 0 Å². The molecule has 3 aromatic rings. The summed E-state index contributed by atoms with van der Waals surface area (Å²) in [6.45, 7) is 5.94. The Bertz CT molecular complexity index is 1170. The van der Waals surface area contributed by atoms with Crippen LogP contribution >= 0.6 is 0 Å². The van der Waals surface area contributed by atoms with Crippen molar-refractivity contribution in [3.63, 3.8) is 0 Å². The van der Waals surface area contributed by atoms with Gasteiger partial charge in [0.1, 0.15) is 5.60 Å². The first-order valence-electron chi connectivity index (χ1n) is 10.7. The summed E-state index contributed by atoms with van der Waals surface area (Å²) in [4.78, 5) is 33.3. The number of nitrogens with one attached hydrogen (secondary N) is 2. The Morgan fingerprint density at radius 3 is 2.63 bits per heavy atom. The maximum absolute atomic E-state index is 13.2. The molecule has 4 heterocycles. The van der Waals surface area contributed by atoms with Crippen molar-refractivity contribution < 1.29 is 9.53 Å². The molecule has 6 heteroatoms. The molecule has 30 heavy (non-hydrogen) atoms. The number of hydrogen-bond donors (Lipinski definition) is 2. The topological polar surface area (TPSA) is 78.2 Å². The van der Waals surface area contributed by atoms with E-state index in [-0.39, 0.29) is 23.0 Å².